The Hall–Kier alpha value is -8.49. The van der Waals surface area contributed by atoms with E-state index in [1.54, 1.807) is 22.4 Å². The van der Waals surface area contributed by atoms with Crippen molar-refractivity contribution in [1.82, 2.24) is 103 Å². The van der Waals surface area contributed by atoms with Gasteiger partial charge in [0.25, 0.3) is 0 Å². The number of fused-ring (bicyclic) bond motifs is 3. The zero-order chi connectivity index (χ0) is 59.7. The van der Waals surface area contributed by atoms with Crippen LogP contribution in [-0.2, 0) is 45.1 Å². The van der Waals surface area contributed by atoms with Crippen molar-refractivity contribution in [3.63, 3.8) is 0 Å². The van der Waals surface area contributed by atoms with Gasteiger partial charge >= 0.3 is 0 Å². The summed E-state index contributed by atoms with van der Waals surface area (Å²) in [4.78, 5) is 50.3. The van der Waals surface area contributed by atoms with Crippen LogP contribution in [0.15, 0.2) is 110 Å². The van der Waals surface area contributed by atoms with Crippen molar-refractivity contribution in [2.24, 2.45) is 21.1 Å². The quantitative estimate of drug-likeness (QED) is 0.132. The minimum absolute atomic E-state index is 0. The fraction of sp³-hybridized carbons (Fsp3) is 0.288. The average Bonchev–Trinajstić information content (AvgIpc) is 3.34. The first-order chi connectivity index (χ1) is 40.8. The maximum atomic E-state index is 10.5. The van der Waals surface area contributed by atoms with Crippen molar-refractivity contribution < 1.29 is 53.1 Å². The molecule has 0 saturated carbocycles. The smallest absolute Gasteiger partial charge is 0.191 e. The number of benzene rings is 3. The normalized spacial score (nSPS) is 11.6. The van der Waals surface area contributed by atoms with Gasteiger partial charge in [0.2, 0.25) is 0 Å². The van der Waals surface area contributed by atoms with Crippen molar-refractivity contribution in [2.45, 2.75) is 80.6 Å². The van der Waals surface area contributed by atoms with E-state index in [-0.39, 0.29) is 43.5 Å². The molecule has 0 atom stereocenters. The second kappa shape index (κ2) is 30.9. The fourth-order valence-corrected chi connectivity index (χ4v) is 8.40. The van der Waals surface area contributed by atoms with Gasteiger partial charge in [-0.2, -0.15) is 25.5 Å². The van der Waals surface area contributed by atoms with Crippen LogP contribution in [0, 0.1) is 72.7 Å². The molecule has 10 heterocycles. The number of hydrogen-bond donors (Lipinski definition) is 0. The molecule has 13 rings (SSSR count). The van der Waals surface area contributed by atoms with Gasteiger partial charge in [0, 0.05) is 128 Å². The van der Waals surface area contributed by atoms with Gasteiger partial charge in [-0.1, -0.05) is 97.9 Å². The Morgan fingerprint density at radius 2 is 0.918 bits per heavy atom. The first kappa shape index (κ1) is 64.1. The Balaban J connectivity index is 0.000000181. The number of aldehydes is 1. The molecular weight excluding hydrogens is 1320 g/mol. The van der Waals surface area contributed by atoms with Crippen molar-refractivity contribution in [3.05, 3.63) is 179 Å². The van der Waals surface area contributed by atoms with Gasteiger partial charge < -0.3 is 17.1 Å². The van der Waals surface area contributed by atoms with Crippen LogP contribution in [0.2, 0.25) is 0 Å². The van der Waals surface area contributed by atoms with Gasteiger partial charge in [0.05, 0.1) is 34.2 Å². The van der Waals surface area contributed by atoms with E-state index in [2.05, 4.69) is 83.8 Å². The summed E-state index contributed by atoms with van der Waals surface area (Å²) in [5.74, 6) is 6.30. The molecular formula is C59H66BClN21O2U-. The van der Waals surface area contributed by atoms with E-state index >= 15 is 0 Å². The molecule has 12 aromatic rings. The SMILES string of the molecule is C1CCOC1.CCc1nc2c(C)ncc(C)n2n1.Cc1ncc(C)n2nc(C=Cc3nc(-c4ccccc4)nn3C)nc12.Cc1ncc(C)n2nc(CCc3nc(-c4ccccc4)nn3C)nc12.Cn1nc(-c2ccccc2)nc1C=O.[2H][B].[Cl-].[U]. The third-order valence-corrected chi connectivity index (χ3v) is 13.0. The number of ether oxygens (including phenoxy) is 1. The molecule has 1 aliphatic heterocycles. The number of nitrogens with zero attached hydrogens (tertiary/aromatic N) is 21. The summed E-state index contributed by atoms with van der Waals surface area (Å²) in [5.41, 5.74) is 11.0. The summed E-state index contributed by atoms with van der Waals surface area (Å²) >= 11 is 0. The van der Waals surface area contributed by atoms with E-state index in [4.69, 9.17) is 6.07 Å². The number of carbonyl (C=O) groups excluding carboxylic acids is 1. The third-order valence-electron chi connectivity index (χ3n) is 13.0. The summed E-state index contributed by atoms with van der Waals surface area (Å²) in [6.07, 6.45) is 14.7. The molecule has 0 aliphatic carbocycles. The average molecular weight is 1390 g/mol. The van der Waals surface area contributed by atoms with Gasteiger partial charge in [-0.15, -0.1) is 5.10 Å². The standard InChI is InChI=1S/C18H19N7.C18H17N7.C10H9N3O.C9H12N4.C4H8O.BH.ClH.U/c2*1-12-11-19-13(2)18-20-15(22-25(12)18)9-10-16-21-17(23-24(16)3)14-7-5-4-6-8-14;1-13-9(7-14)11-10(12-13)8-5-3-2-4-6-8;1-4-8-11-9-7(3)10-5-6(2)13(9)12-8;1-2-4-5-3-1;;;/h4-8,11H,9-10H2,1-3H3;4-11H,1-3H3;2-7H,1H3;5H,4H2,1-3H3;1-4H2;2*1H;/p-1/i;;;;;1D;;. The molecule has 9 aromatic heterocycles. The number of aryl methyl sites for hydroxylation is 12. The Kier molecular flexibility index (Phi) is 23.3. The van der Waals surface area contributed by atoms with Crippen LogP contribution < -0.4 is 12.4 Å². The molecule has 3 aromatic carbocycles. The first-order valence-corrected chi connectivity index (χ1v) is 26.9. The maximum absolute atomic E-state index is 10.5. The van der Waals surface area contributed by atoms with E-state index in [1.165, 1.54) is 17.5 Å². The number of rotatable bonds is 10. The molecule has 1 fully saturated rings. The van der Waals surface area contributed by atoms with Crippen LogP contribution in [0.25, 0.3) is 63.3 Å². The van der Waals surface area contributed by atoms with Gasteiger partial charge in [-0.05, 0) is 67.9 Å². The molecule has 0 bridgehead atoms. The van der Waals surface area contributed by atoms with E-state index in [0.29, 0.717) is 36.0 Å². The molecule has 0 unspecified atom stereocenters. The monoisotopic (exact) mass is 1390 g/mol. The van der Waals surface area contributed by atoms with Crippen molar-refractivity contribution in [1.29, 1.82) is 1.34 Å². The van der Waals surface area contributed by atoms with Gasteiger partial charge in [-0.3, -0.25) is 24.4 Å². The number of halogens is 1. The van der Waals surface area contributed by atoms with E-state index < -0.39 is 0 Å². The summed E-state index contributed by atoms with van der Waals surface area (Å²) in [6.45, 7) is 15.8. The molecule has 0 spiro atoms. The summed E-state index contributed by atoms with van der Waals surface area (Å²) in [6, 6.07) is 29.5. The second-order valence-electron chi connectivity index (χ2n) is 19.2. The topological polar surface area (TPSA) is 248 Å². The Bertz CT molecular complexity index is 4000. The van der Waals surface area contributed by atoms with Crippen molar-refractivity contribution in [3.8, 4) is 34.2 Å². The summed E-state index contributed by atoms with van der Waals surface area (Å²) in [7, 11) is 9.24. The van der Waals surface area contributed by atoms with Gasteiger partial charge in [-0.25, -0.2) is 52.8 Å². The molecule has 23 nitrogen and oxygen atoms in total. The van der Waals surface area contributed by atoms with Crippen LogP contribution in [-0.4, -0.2) is 132 Å². The van der Waals surface area contributed by atoms with Crippen molar-refractivity contribution >= 4 is 43.8 Å². The molecule has 0 N–H and O–H groups in total. The first-order valence-electron chi connectivity index (χ1n) is 27.5. The molecule has 85 heavy (non-hydrogen) atoms. The van der Waals surface area contributed by atoms with E-state index in [9.17, 15) is 4.79 Å². The second-order valence-corrected chi connectivity index (χ2v) is 19.2. The van der Waals surface area contributed by atoms with Crippen LogP contribution in [0.1, 0.15) is 93.7 Å². The molecule has 2 radical (unpaired) electrons. The molecule has 26 heteroatoms. The summed E-state index contributed by atoms with van der Waals surface area (Å²) in [5, 5.41) is 26.6. The minimum atomic E-state index is 0. The Morgan fingerprint density at radius 3 is 1.34 bits per heavy atom. The minimum Gasteiger partial charge on any atom is -1.00 e. The third kappa shape index (κ3) is 16.4. The van der Waals surface area contributed by atoms with Gasteiger partial charge in [0.15, 0.2) is 69.8 Å². The zero-order valence-corrected chi connectivity index (χ0v) is 54.2. The molecule has 0 amide bonds. The van der Waals surface area contributed by atoms with Crippen LogP contribution in [0.3, 0.4) is 0 Å². The zero-order valence-electron chi connectivity index (χ0n) is 50.2. The Morgan fingerprint density at radius 1 is 0.506 bits per heavy atom. The van der Waals surface area contributed by atoms with Gasteiger partial charge in [0.1, 0.15) is 5.82 Å². The van der Waals surface area contributed by atoms with E-state index in [1.807, 2.05) is 192 Å². The van der Waals surface area contributed by atoms with Crippen LogP contribution >= 0.6 is 0 Å². The Labute approximate surface area is 525 Å². The van der Waals surface area contributed by atoms with Crippen LogP contribution in [0.5, 0.6) is 0 Å². The predicted molar refractivity (Wildman–Crippen MR) is 318 cm³/mol. The van der Waals surface area contributed by atoms with E-state index in [0.717, 1.165) is 123 Å². The number of hydrogen-bond acceptors (Lipinski definition) is 17. The predicted octanol–water partition coefficient (Wildman–Crippen LogP) is 4.78. The van der Waals surface area contributed by atoms with Crippen LogP contribution in [0.4, 0.5) is 0 Å². The number of carbonyl (C=O) groups is 1. The van der Waals surface area contributed by atoms with Crippen molar-refractivity contribution in [2.75, 3.05) is 13.2 Å². The maximum Gasteiger partial charge on any atom is 0.191 e. The molecule has 1 aliphatic rings. The molecule has 434 valence electrons. The fourth-order valence-electron chi connectivity index (χ4n) is 8.40. The summed E-state index contributed by atoms with van der Waals surface area (Å²) < 4.78 is 20.7. The molecule has 1 saturated heterocycles. The number of aromatic nitrogens is 21. The largest absolute Gasteiger partial charge is 1.00 e.